The highest BCUT2D eigenvalue weighted by Crippen LogP contribution is 2.20. The van der Waals surface area contributed by atoms with E-state index < -0.39 is 11.9 Å². The highest BCUT2D eigenvalue weighted by atomic mass is 16.5. The summed E-state index contributed by atoms with van der Waals surface area (Å²) >= 11 is 0. The van der Waals surface area contributed by atoms with Crippen molar-refractivity contribution in [2.75, 3.05) is 20.3 Å². The van der Waals surface area contributed by atoms with Crippen molar-refractivity contribution >= 4 is 17.8 Å². The number of hydrogen-bond acceptors (Lipinski definition) is 5. The Morgan fingerprint density at radius 3 is 2.17 bits per heavy atom. The van der Waals surface area contributed by atoms with E-state index >= 15 is 0 Å². The van der Waals surface area contributed by atoms with Gasteiger partial charge in [-0.15, -0.1) is 0 Å². The van der Waals surface area contributed by atoms with Gasteiger partial charge in [0.1, 0.15) is 5.69 Å². The molecule has 0 spiro atoms. The van der Waals surface area contributed by atoms with Crippen molar-refractivity contribution in [3.8, 4) is 0 Å². The monoisotopic (exact) mass is 400 g/mol. The number of benzene rings is 1. The minimum Gasteiger partial charge on any atom is -0.461 e. The standard InChI is InChI=1S/C22H28N2O5/c1-6-16-8-10-17(11-9-16)12-24(5)18(25)13-29-21(26)19-14(3)20(23-15(19)4)22(27)28-7-2/h8-11,23H,6-7,12-13H2,1-5H3. The average Bonchev–Trinajstić information content (AvgIpc) is 3.00. The summed E-state index contributed by atoms with van der Waals surface area (Å²) in [5.41, 5.74) is 3.64. The molecule has 0 fully saturated rings. The van der Waals surface area contributed by atoms with E-state index in [1.165, 1.54) is 10.5 Å². The van der Waals surface area contributed by atoms with E-state index in [2.05, 4.69) is 11.9 Å². The topological polar surface area (TPSA) is 88.7 Å². The summed E-state index contributed by atoms with van der Waals surface area (Å²) in [6.07, 6.45) is 0.959. The molecule has 0 saturated heterocycles. The molecule has 1 aromatic carbocycles. The highest BCUT2D eigenvalue weighted by Gasteiger charge is 2.24. The smallest absolute Gasteiger partial charge is 0.355 e. The maximum Gasteiger partial charge on any atom is 0.355 e. The molecule has 2 aromatic rings. The van der Waals surface area contributed by atoms with E-state index in [1.807, 2.05) is 24.3 Å². The zero-order valence-electron chi connectivity index (χ0n) is 17.6. The van der Waals surface area contributed by atoms with Crippen molar-refractivity contribution in [2.24, 2.45) is 0 Å². The quantitative estimate of drug-likeness (QED) is 0.688. The largest absolute Gasteiger partial charge is 0.461 e. The molecular weight excluding hydrogens is 372 g/mol. The number of H-pyrrole nitrogens is 1. The van der Waals surface area contributed by atoms with Crippen LogP contribution >= 0.6 is 0 Å². The van der Waals surface area contributed by atoms with Gasteiger partial charge in [-0.1, -0.05) is 31.2 Å². The molecule has 7 heteroatoms. The molecule has 0 saturated carbocycles. The maximum absolute atomic E-state index is 12.5. The van der Waals surface area contributed by atoms with Gasteiger partial charge in [-0.2, -0.15) is 0 Å². The number of aromatic amines is 1. The van der Waals surface area contributed by atoms with Crippen LogP contribution in [-0.2, 0) is 27.2 Å². The van der Waals surface area contributed by atoms with Crippen molar-refractivity contribution < 1.29 is 23.9 Å². The van der Waals surface area contributed by atoms with E-state index in [1.54, 1.807) is 27.8 Å². The van der Waals surface area contributed by atoms with Crippen LogP contribution in [-0.4, -0.2) is 48.0 Å². The molecular formula is C22H28N2O5. The molecule has 0 aliphatic carbocycles. The van der Waals surface area contributed by atoms with Gasteiger partial charge in [-0.25, -0.2) is 9.59 Å². The lowest BCUT2D eigenvalue weighted by molar-refractivity contribution is -0.133. The van der Waals surface area contributed by atoms with Crippen LogP contribution in [0.5, 0.6) is 0 Å². The number of carbonyl (C=O) groups is 3. The summed E-state index contributed by atoms with van der Waals surface area (Å²) in [6, 6.07) is 8.04. The summed E-state index contributed by atoms with van der Waals surface area (Å²) in [6.45, 7) is 7.39. The van der Waals surface area contributed by atoms with Gasteiger partial charge in [-0.05, 0) is 43.9 Å². The predicted molar refractivity (Wildman–Crippen MR) is 109 cm³/mol. The van der Waals surface area contributed by atoms with E-state index in [0.29, 0.717) is 17.8 Å². The minimum atomic E-state index is -0.652. The summed E-state index contributed by atoms with van der Waals surface area (Å²) in [7, 11) is 1.66. The number of hydrogen-bond donors (Lipinski definition) is 1. The molecule has 1 amide bonds. The van der Waals surface area contributed by atoms with Crippen molar-refractivity contribution in [2.45, 2.75) is 40.7 Å². The summed E-state index contributed by atoms with van der Waals surface area (Å²) in [5, 5.41) is 0. The molecule has 0 atom stereocenters. The molecule has 1 aromatic heterocycles. The number of amides is 1. The van der Waals surface area contributed by atoms with Crippen LogP contribution < -0.4 is 0 Å². The highest BCUT2D eigenvalue weighted by molar-refractivity contribution is 5.99. The number of aryl methyl sites for hydroxylation is 2. The Labute approximate surface area is 171 Å². The van der Waals surface area contributed by atoms with E-state index in [9.17, 15) is 14.4 Å². The van der Waals surface area contributed by atoms with Crippen molar-refractivity contribution in [3.63, 3.8) is 0 Å². The number of ether oxygens (including phenoxy) is 2. The van der Waals surface area contributed by atoms with Crippen LogP contribution in [0.4, 0.5) is 0 Å². The molecule has 0 radical (unpaired) electrons. The molecule has 29 heavy (non-hydrogen) atoms. The molecule has 1 heterocycles. The van der Waals surface area contributed by atoms with Crippen LogP contribution in [0.1, 0.15) is 57.1 Å². The maximum atomic E-state index is 12.5. The fourth-order valence-corrected chi connectivity index (χ4v) is 3.02. The number of esters is 2. The van der Waals surface area contributed by atoms with Gasteiger partial charge < -0.3 is 19.4 Å². The van der Waals surface area contributed by atoms with Gasteiger partial charge in [0.15, 0.2) is 6.61 Å². The van der Waals surface area contributed by atoms with Crippen molar-refractivity contribution in [3.05, 3.63) is 57.9 Å². The normalized spacial score (nSPS) is 10.5. The Bertz CT molecular complexity index is 883. The molecule has 156 valence electrons. The number of rotatable bonds is 8. The third-order valence-corrected chi connectivity index (χ3v) is 4.72. The lowest BCUT2D eigenvalue weighted by Crippen LogP contribution is -2.31. The number of aromatic nitrogens is 1. The minimum absolute atomic E-state index is 0.218. The first-order valence-corrected chi connectivity index (χ1v) is 9.63. The van der Waals surface area contributed by atoms with Crippen LogP contribution in [0.25, 0.3) is 0 Å². The lowest BCUT2D eigenvalue weighted by Gasteiger charge is -2.17. The van der Waals surface area contributed by atoms with Crippen molar-refractivity contribution in [1.82, 2.24) is 9.88 Å². The zero-order chi connectivity index (χ0) is 21.6. The van der Waals surface area contributed by atoms with Gasteiger partial charge in [0.05, 0.1) is 12.2 Å². The Hall–Kier alpha value is -3.09. The average molecular weight is 400 g/mol. The fourth-order valence-electron chi connectivity index (χ4n) is 3.02. The number of nitrogens with zero attached hydrogens (tertiary/aromatic N) is 1. The van der Waals surface area contributed by atoms with E-state index in [0.717, 1.165) is 12.0 Å². The van der Waals surface area contributed by atoms with Crippen LogP contribution in [0, 0.1) is 13.8 Å². The molecule has 2 rings (SSSR count). The molecule has 0 aliphatic rings. The SMILES string of the molecule is CCOC(=O)c1[nH]c(C)c(C(=O)OCC(=O)N(C)Cc2ccc(CC)cc2)c1C. The summed E-state index contributed by atoms with van der Waals surface area (Å²) in [5.74, 6) is -1.49. The first-order valence-electron chi connectivity index (χ1n) is 9.63. The van der Waals surface area contributed by atoms with Gasteiger partial charge in [0.25, 0.3) is 5.91 Å². The number of likely N-dealkylation sites (N-methyl/N-ethyl adjacent to an activating group) is 1. The molecule has 7 nitrogen and oxygen atoms in total. The Morgan fingerprint density at radius 2 is 1.59 bits per heavy atom. The fraction of sp³-hybridized carbons (Fsp3) is 0.409. The van der Waals surface area contributed by atoms with Crippen LogP contribution in [0.2, 0.25) is 0 Å². The summed E-state index contributed by atoms with van der Waals surface area (Å²) in [4.78, 5) is 41.1. The van der Waals surface area contributed by atoms with E-state index in [-0.39, 0.29) is 30.4 Å². The third-order valence-electron chi connectivity index (χ3n) is 4.72. The first-order chi connectivity index (χ1) is 13.8. The van der Waals surface area contributed by atoms with Gasteiger partial charge in [0.2, 0.25) is 0 Å². The third kappa shape index (κ3) is 5.47. The summed E-state index contributed by atoms with van der Waals surface area (Å²) < 4.78 is 10.2. The van der Waals surface area contributed by atoms with Crippen LogP contribution in [0.3, 0.4) is 0 Å². The second-order valence-corrected chi connectivity index (χ2v) is 6.84. The van der Waals surface area contributed by atoms with Gasteiger partial charge in [0, 0.05) is 19.3 Å². The molecule has 0 aliphatic heterocycles. The second-order valence-electron chi connectivity index (χ2n) is 6.84. The van der Waals surface area contributed by atoms with E-state index in [4.69, 9.17) is 9.47 Å². The Morgan fingerprint density at radius 1 is 0.966 bits per heavy atom. The Kier molecular flexibility index (Phi) is 7.59. The second kappa shape index (κ2) is 9.91. The predicted octanol–water partition coefficient (Wildman–Crippen LogP) is 3.19. The first kappa shape index (κ1) is 22.2. The Balaban J connectivity index is 1.97. The molecule has 0 bridgehead atoms. The van der Waals surface area contributed by atoms with Gasteiger partial charge in [-0.3, -0.25) is 4.79 Å². The lowest BCUT2D eigenvalue weighted by atomic mass is 10.1. The molecule has 0 unspecified atom stereocenters. The van der Waals surface area contributed by atoms with Gasteiger partial charge >= 0.3 is 11.9 Å². The van der Waals surface area contributed by atoms with Crippen LogP contribution in [0.15, 0.2) is 24.3 Å². The number of nitrogens with one attached hydrogen (secondary N) is 1. The molecule has 1 N–H and O–H groups in total. The number of carbonyl (C=O) groups excluding carboxylic acids is 3. The zero-order valence-corrected chi connectivity index (χ0v) is 17.6. The van der Waals surface area contributed by atoms with Crippen molar-refractivity contribution in [1.29, 1.82) is 0 Å².